The van der Waals surface area contributed by atoms with Gasteiger partial charge in [-0.3, -0.25) is 5.10 Å². The number of benzene rings is 4. The van der Waals surface area contributed by atoms with Gasteiger partial charge in [0.05, 0.1) is 13.3 Å². The van der Waals surface area contributed by atoms with E-state index in [-0.39, 0.29) is 16.4 Å². The first kappa shape index (κ1) is 26.3. The Morgan fingerprint density at radius 1 is 1.00 bits per heavy atom. The molecule has 5 aromatic rings. The quantitative estimate of drug-likeness (QED) is 0.143. The summed E-state index contributed by atoms with van der Waals surface area (Å²) in [6.07, 6.45) is 2.13. The molecule has 0 saturated heterocycles. The van der Waals surface area contributed by atoms with E-state index in [1.165, 1.54) is 13.2 Å². The summed E-state index contributed by atoms with van der Waals surface area (Å²) in [7, 11) is -2.61. The van der Waals surface area contributed by atoms with Gasteiger partial charge in [0.1, 0.15) is 4.90 Å². The number of fused-ring (bicyclic) bond motifs is 1. The lowest BCUT2D eigenvalue weighted by atomic mass is 10.0. The Bertz CT molecular complexity index is 1870. The minimum absolute atomic E-state index is 0.0760. The van der Waals surface area contributed by atoms with Gasteiger partial charge in [0, 0.05) is 6.42 Å². The topological polar surface area (TPSA) is 98.6 Å². The van der Waals surface area contributed by atoms with Crippen molar-refractivity contribution in [3.05, 3.63) is 112 Å². The van der Waals surface area contributed by atoms with E-state index >= 15 is 0 Å². The van der Waals surface area contributed by atoms with Crippen molar-refractivity contribution in [2.45, 2.75) is 25.2 Å². The van der Waals surface area contributed by atoms with Gasteiger partial charge in [-0.05, 0) is 83.4 Å². The molecule has 0 amide bonds. The van der Waals surface area contributed by atoms with E-state index in [0.29, 0.717) is 28.1 Å². The van der Waals surface area contributed by atoms with Crippen LogP contribution < -0.4 is 8.92 Å². The number of aromatic nitrogens is 3. The Morgan fingerprint density at radius 3 is 2.62 bits per heavy atom. The van der Waals surface area contributed by atoms with Crippen molar-refractivity contribution >= 4 is 39.3 Å². The second-order valence-corrected chi connectivity index (χ2v) is 10.9. The Balaban J connectivity index is 1.41. The molecule has 10 heteroatoms. The molecular weight excluding hydrogens is 532 g/mol. The molecule has 4 aromatic carbocycles. The molecule has 39 heavy (non-hydrogen) atoms. The van der Waals surface area contributed by atoms with E-state index < -0.39 is 10.1 Å². The highest BCUT2D eigenvalue weighted by Gasteiger charge is 2.21. The number of nitrogens with one attached hydrogen (secondary N) is 1. The fourth-order valence-electron chi connectivity index (χ4n) is 4.27. The van der Waals surface area contributed by atoms with Crippen LogP contribution in [0.3, 0.4) is 0 Å². The number of rotatable bonds is 8. The smallest absolute Gasteiger partial charge is 0.339 e. The predicted octanol–water partition coefficient (Wildman–Crippen LogP) is 5.96. The van der Waals surface area contributed by atoms with Crippen molar-refractivity contribution in [3.63, 3.8) is 0 Å². The molecule has 0 radical (unpaired) electrons. The van der Waals surface area contributed by atoms with Crippen LogP contribution in [0.25, 0.3) is 10.8 Å². The lowest BCUT2D eigenvalue weighted by molar-refractivity contribution is 0.390. The third-order valence-electron chi connectivity index (χ3n) is 6.27. The standard InChI is InChI=1S/C29H26N4O4S2/c1-19-11-12-20(2)27(15-19)39(34,35)37-25-14-13-21(16-26(25)36-3)18-30-33-28(31-32-29(33)38)17-23-9-6-8-22-7-4-5-10-24(22)23/h4-16,18H,17H2,1-3H3,(H,32,38). The first-order valence-electron chi connectivity index (χ1n) is 12.1. The Hall–Kier alpha value is -4.28. The molecule has 0 spiro atoms. The molecule has 0 bridgehead atoms. The lowest BCUT2D eigenvalue weighted by Crippen LogP contribution is -2.12. The molecule has 0 saturated carbocycles. The minimum atomic E-state index is -4.06. The largest absolute Gasteiger partial charge is 0.493 e. The number of nitrogens with zero attached hydrogens (tertiary/aromatic N) is 3. The summed E-state index contributed by atoms with van der Waals surface area (Å²) in [6.45, 7) is 3.55. The molecule has 0 aliphatic heterocycles. The van der Waals surface area contributed by atoms with Crippen LogP contribution in [-0.2, 0) is 16.5 Å². The van der Waals surface area contributed by atoms with E-state index in [1.807, 2.05) is 31.2 Å². The molecule has 8 nitrogen and oxygen atoms in total. The van der Waals surface area contributed by atoms with Crippen molar-refractivity contribution < 1.29 is 17.3 Å². The van der Waals surface area contributed by atoms with Crippen molar-refractivity contribution in [2.75, 3.05) is 7.11 Å². The van der Waals surface area contributed by atoms with Crippen LogP contribution in [0.5, 0.6) is 11.5 Å². The Morgan fingerprint density at radius 2 is 1.79 bits per heavy atom. The van der Waals surface area contributed by atoms with E-state index in [1.54, 1.807) is 42.1 Å². The second-order valence-electron chi connectivity index (χ2n) is 9.03. The average molecular weight is 559 g/mol. The van der Waals surface area contributed by atoms with Gasteiger partial charge < -0.3 is 8.92 Å². The number of ether oxygens (including phenoxy) is 1. The summed E-state index contributed by atoms with van der Waals surface area (Å²) in [6, 6.07) is 24.4. The second kappa shape index (κ2) is 10.8. The van der Waals surface area contributed by atoms with Crippen molar-refractivity contribution in [1.82, 2.24) is 14.9 Å². The number of H-pyrrole nitrogens is 1. The van der Waals surface area contributed by atoms with Crippen LogP contribution in [0, 0.1) is 18.6 Å². The maximum absolute atomic E-state index is 13.0. The van der Waals surface area contributed by atoms with Gasteiger partial charge in [-0.25, -0.2) is 0 Å². The van der Waals surface area contributed by atoms with Gasteiger partial charge in [-0.1, -0.05) is 54.6 Å². The number of aromatic amines is 1. The van der Waals surface area contributed by atoms with Gasteiger partial charge >= 0.3 is 10.1 Å². The minimum Gasteiger partial charge on any atom is -0.493 e. The van der Waals surface area contributed by atoms with Gasteiger partial charge in [-0.15, -0.1) is 0 Å². The first-order valence-corrected chi connectivity index (χ1v) is 13.9. The van der Waals surface area contributed by atoms with Crippen LogP contribution in [0.1, 0.15) is 28.1 Å². The number of methoxy groups -OCH3 is 1. The monoisotopic (exact) mass is 558 g/mol. The van der Waals surface area contributed by atoms with E-state index in [2.05, 4.69) is 39.6 Å². The van der Waals surface area contributed by atoms with Gasteiger partial charge in [0.2, 0.25) is 4.77 Å². The summed E-state index contributed by atoms with van der Waals surface area (Å²) in [4.78, 5) is 0.114. The van der Waals surface area contributed by atoms with Crippen LogP contribution in [-0.4, -0.2) is 36.6 Å². The predicted molar refractivity (Wildman–Crippen MR) is 154 cm³/mol. The first-order chi connectivity index (χ1) is 18.7. The molecule has 198 valence electrons. The molecule has 0 unspecified atom stereocenters. The highest BCUT2D eigenvalue weighted by atomic mass is 32.2. The summed E-state index contributed by atoms with van der Waals surface area (Å²) < 4.78 is 38.8. The molecule has 0 fully saturated rings. The zero-order valence-corrected chi connectivity index (χ0v) is 23.2. The summed E-state index contributed by atoms with van der Waals surface area (Å²) >= 11 is 5.42. The highest BCUT2D eigenvalue weighted by Crippen LogP contribution is 2.31. The highest BCUT2D eigenvalue weighted by molar-refractivity contribution is 7.87. The van der Waals surface area contributed by atoms with E-state index in [0.717, 1.165) is 21.9 Å². The Labute approximate surface area is 231 Å². The van der Waals surface area contributed by atoms with E-state index in [4.69, 9.17) is 21.1 Å². The maximum atomic E-state index is 13.0. The van der Waals surface area contributed by atoms with Crippen LogP contribution in [0.4, 0.5) is 0 Å². The zero-order valence-electron chi connectivity index (χ0n) is 21.6. The molecule has 0 aliphatic rings. The van der Waals surface area contributed by atoms with Gasteiger partial charge in [0.15, 0.2) is 17.3 Å². The zero-order chi connectivity index (χ0) is 27.6. The van der Waals surface area contributed by atoms with Crippen molar-refractivity contribution in [1.29, 1.82) is 0 Å². The van der Waals surface area contributed by atoms with E-state index in [9.17, 15) is 8.42 Å². The number of hydrogen-bond acceptors (Lipinski definition) is 7. The molecule has 1 N–H and O–H groups in total. The average Bonchev–Trinajstić information content (AvgIpc) is 3.28. The summed E-state index contributed by atoms with van der Waals surface area (Å²) in [5.74, 6) is 0.978. The normalized spacial score (nSPS) is 11.8. The van der Waals surface area contributed by atoms with Crippen LogP contribution in [0.15, 0.2) is 88.9 Å². The molecule has 1 heterocycles. The third-order valence-corrected chi connectivity index (χ3v) is 7.91. The molecular formula is C29H26N4O4S2. The van der Waals surface area contributed by atoms with Gasteiger partial charge in [0.25, 0.3) is 0 Å². The fraction of sp³-hybridized carbons (Fsp3) is 0.138. The van der Waals surface area contributed by atoms with Crippen LogP contribution in [0.2, 0.25) is 0 Å². The van der Waals surface area contributed by atoms with Crippen LogP contribution >= 0.6 is 12.2 Å². The molecule has 1 aromatic heterocycles. The van der Waals surface area contributed by atoms with Crippen molar-refractivity contribution in [2.24, 2.45) is 5.10 Å². The third kappa shape index (κ3) is 5.62. The Kier molecular flexibility index (Phi) is 7.32. The van der Waals surface area contributed by atoms with Crippen molar-refractivity contribution in [3.8, 4) is 11.5 Å². The molecule has 0 atom stereocenters. The lowest BCUT2D eigenvalue weighted by Gasteiger charge is -2.13. The SMILES string of the molecule is COc1cc(C=Nn2c(Cc3cccc4ccccc34)n[nH]c2=S)ccc1OS(=O)(=O)c1cc(C)ccc1C. The maximum Gasteiger partial charge on any atom is 0.339 e. The summed E-state index contributed by atoms with van der Waals surface area (Å²) in [5, 5.41) is 14.0. The molecule has 5 rings (SSSR count). The fourth-order valence-corrected chi connectivity index (χ4v) is 5.73. The molecule has 0 aliphatic carbocycles. The number of hydrogen-bond donors (Lipinski definition) is 1. The summed E-state index contributed by atoms with van der Waals surface area (Å²) in [5.41, 5.74) is 3.17. The number of aryl methyl sites for hydroxylation is 2. The van der Waals surface area contributed by atoms with Gasteiger partial charge in [-0.2, -0.15) is 23.3 Å².